The minimum atomic E-state index is -0.794. The molecule has 1 aliphatic heterocycles. The van der Waals surface area contributed by atoms with Crippen LogP contribution in [-0.2, 0) is 23.5 Å². The van der Waals surface area contributed by atoms with Crippen LogP contribution < -0.4 is 14.8 Å². The number of benzene rings is 2. The van der Waals surface area contributed by atoms with Crippen LogP contribution in [0.2, 0.25) is 0 Å². The summed E-state index contributed by atoms with van der Waals surface area (Å²) in [7, 11) is 3.22. The zero-order valence-electron chi connectivity index (χ0n) is 17.2. The van der Waals surface area contributed by atoms with Gasteiger partial charge in [0.25, 0.3) is 0 Å². The summed E-state index contributed by atoms with van der Waals surface area (Å²) in [5.74, 6) is 0.798. The Bertz CT molecular complexity index is 1010. The van der Waals surface area contributed by atoms with Gasteiger partial charge in [-0.05, 0) is 35.8 Å². The molecule has 30 heavy (non-hydrogen) atoms. The number of fused-ring (bicyclic) bond motifs is 1. The molecule has 6 heteroatoms. The first-order valence-corrected chi connectivity index (χ1v) is 9.88. The number of aromatic nitrogens is 2. The Morgan fingerprint density at radius 3 is 2.57 bits per heavy atom. The Kier molecular flexibility index (Phi) is 6.07. The van der Waals surface area contributed by atoms with Gasteiger partial charge in [-0.2, -0.15) is 0 Å². The van der Waals surface area contributed by atoms with Crippen molar-refractivity contribution < 1.29 is 14.2 Å². The van der Waals surface area contributed by atoms with Gasteiger partial charge in [-0.1, -0.05) is 42.5 Å². The maximum Gasteiger partial charge on any atom is 0.316 e. The lowest BCUT2D eigenvalue weighted by molar-refractivity contribution is -0.0536. The van der Waals surface area contributed by atoms with Crippen molar-refractivity contribution in [1.82, 2.24) is 15.3 Å². The minimum Gasteiger partial charge on any atom is -0.497 e. The summed E-state index contributed by atoms with van der Waals surface area (Å²) < 4.78 is 17.1. The van der Waals surface area contributed by atoms with Gasteiger partial charge in [0, 0.05) is 30.1 Å². The molecule has 6 nitrogen and oxygen atoms in total. The second-order valence-corrected chi connectivity index (χ2v) is 7.05. The molecular formula is C24H25N3O3. The number of nitrogens with one attached hydrogen (secondary N) is 1. The van der Waals surface area contributed by atoms with Crippen LogP contribution in [0.4, 0.5) is 0 Å². The quantitative estimate of drug-likeness (QED) is 0.649. The van der Waals surface area contributed by atoms with E-state index < -0.39 is 5.72 Å². The molecule has 0 fully saturated rings. The van der Waals surface area contributed by atoms with Gasteiger partial charge >= 0.3 is 6.01 Å². The molecule has 1 aliphatic rings. The molecule has 154 valence electrons. The molecule has 0 saturated carbocycles. The van der Waals surface area contributed by atoms with E-state index in [1.165, 1.54) is 5.56 Å². The molecule has 2 aromatic carbocycles. The van der Waals surface area contributed by atoms with Crippen molar-refractivity contribution in [2.45, 2.75) is 18.8 Å². The summed E-state index contributed by atoms with van der Waals surface area (Å²) in [4.78, 5) is 8.37. The standard InChI is InChI=1S/C24H25N3O3/c1-28-21-9-8-20-11-13-27-24(22(20)14-21,30-17-18-6-4-3-5-7-18)12-10-19-15-25-23(29-2)26-16-19/h3-10,12,14-16,27H,11,13,17H2,1-2H3. The van der Waals surface area contributed by atoms with E-state index in [0.717, 1.165) is 35.4 Å². The predicted molar refractivity (Wildman–Crippen MR) is 115 cm³/mol. The van der Waals surface area contributed by atoms with E-state index in [9.17, 15) is 0 Å². The van der Waals surface area contributed by atoms with Gasteiger partial charge in [0.05, 0.1) is 20.8 Å². The molecule has 0 spiro atoms. The highest BCUT2D eigenvalue weighted by molar-refractivity contribution is 5.52. The monoisotopic (exact) mass is 403 g/mol. The Balaban J connectivity index is 1.71. The molecule has 0 saturated heterocycles. The van der Waals surface area contributed by atoms with Crippen molar-refractivity contribution in [2.75, 3.05) is 20.8 Å². The molecule has 1 aromatic heterocycles. The maximum absolute atomic E-state index is 6.53. The largest absolute Gasteiger partial charge is 0.497 e. The summed E-state index contributed by atoms with van der Waals surface area (Å²) in [6, 6.07) is 16.6. The predicted octanol–water partition coefficient (Wildman–Crippen LogP) is 3.72. The third-order valence-corrected chi connectivity index (χ3v) is 5.15. The lowest BCUT2D eigenvalue weighted by Crippen LogP contribution is -2.48. The normalized spacial score (nSPS) is 18.2. The Labute approximate surface area is 176 Å². The SMILES string of the molecule is COc1ccc2c(c1)C(C=Cc1cnc(OC)nc1)(OCc1ccccc1)NCC2. The van der Waals surface area contributed by atoms with Crippen molar-refractivity contribution in [3.05, 3.63) is 89.3 Å². The molecule has 4 rings (SSSR count). The number of ether oxygens (including phenoxy) is 3. The molecule has 0 bridgehead atoms. The third-order valence-electron chi connectivity index (χ3n) is 5.15. The van der Waals surface area contributed by atoms with E-state index >= 15 is 0 Å². The van der Waals surface area contributed by atoms with Gasteiger partial charge in [-0.3, -0.25) is 5.32 Å². The fraction of sp³-hybridized carbons (Fsp3) is 0.250. The van der Waals surface area contributed by atoms with Crippen LogP contribution in [0, 0.1) is 0 Å². The number of hydrogen-bond acceptors (Lipinski definition) is 6. The lowest BCUT2D eigenvalue weighted by Gasteiger charge is -2.38. The Morgan fingerprint density at radius 1 is 1.03 bits per heavy atom. The summed E-state index contributed by atoms with van der Waals surface area (Å²) in [6.45, 7) is 1.27. The first-order valence-electron chi connectivity index (χ1n) is 9.88. The van der Waals surface area contributed by atoms with Crippen molar-refractivity contribution in [2.24, 2.45) is 0 Å². The zero-order chi connectivity index (χ0) is 20.8. The smallest absolute Gasteiger partial charge is 0.316 e. The molecule has 3 aromatic rings. The van der Waals surface area contributed by atoms with Crippen LogP contribution in [0.15, 0.2) is 67.0 Å². The second kappa shape index (κ2) is 9.07. The molecular weight excluding hydrogens is 378 g/mol. The zero-order valence-corrected chi connectivity index (χ0v) is 17.2. The van der Waals surface area contributed by atoms with Gasteiger partial charge in [0.15, 0.2) is 5.72 Å². The van der Waals surface area contributed by atoms with Crippen LogP contribution in [0.1, 0.15) is 22.3 Å². The summed E-state index contributed by atoms with van der Waals surface area (Å²) in [6.07, 6.45) is 8.37. The summed E-state index contributed by atoms with van der Waals surface area (Å²) in [5, 5.41) is 3.57. The molecule has 0 aliphatic carbocycles. The van der Waals surface area contributed by atoms with E-state index in [1.807, 2.05) is 42.5 Å². The highest BCUT2D eigenvalue weighted by atomic mass is 16.5. The summed E-state index contributed by atoms with van der Waals surface area (Å²) in [5.41, 5.74) is 3.45. The fourth-order valence-electron chi connectivity index (χ4n) is 3.55. The van der Waals surface area contributed by atoms with E-state index in [2.05, 4.69) is 33.5 Å². The topological polar surface area (TPSA) is 65.5 Å². The van der Waals surface area contributed by atoms with Gasteiger partial charge in [-0.25, -0.2) is 9.97 Å². The lowest BCUT2D eigenvalue weighted by atomic mass is 9.90. The minimum absolute atomic E-state index is 0.341. The Hall–Kier alpha value is -3.22. The van der Waals surface area contributed by atoms with Crippen LogP contribution >= 0.6 is 0 Å². The molecule has 0 amide bonds. The van der Waals surface area contributed by atoms with Crippen molar-refractivity contribution >= 4 is 6.08 Å². The van der Waals surface area contributed by atoms with Crippen LogP contribution in [0.5, 0.6) is 11.8 Å². The van der Waals surface area contributed by atoms with E-state index in [4.69, 9.17) is 14.2 Å². The van der Waals surface area contributed by atoms with Crippen LogP contribution in [-0.4, -0.2) is 30.7 Å². The number of nitrogens with zero attached hydrogens (tertiary/aromatic N) is 2. The van der Waals surface area contributed by atoms with Gasteiger partial charge in [0.2, 0.25) is 0 Å². The average Bonchev–Trinajstić information content (AvgIpc) is 2.82. The number of rotatable bonds is 7. The highest BCUT2D eigenvalue weighted by Gasteiger charge is 2.35. The first-order chi connectivity index (χ1) is 14.7. The average molecular weight is 403 g/mol. The maximum atomic E-state index is 6.53. The summed E-state index contributed by atoms with van der Waals surface area (Å²) >= 11 is 0. The van der Waals surface area contributed by atoms with Crippen LogP contribution in [0.3, 0.4) is 0 Å². The molecule has 1 atom stereocenters. The highest BCUT2D eigenvalue weighted by Crippen LogP contribution is 2.35. The van der Waals surface area contributed by atoms with E-state index in [0.29, 0.717) is 12.6 Å². The van der Waals surface area contributed by atoms with Crippen molar-refractivity contribution in [1.29, 1.82) is 0 Å². The molecule has 2 heterocycles. The Morgan fingerprint density at radius 2 is 1.83 bits per heavy atom. The van der Waals surface area contributed by atoms with Gasteiger partial charge in [0.1, 0.15) is 5.75 Å². The first kappa shape index (κ1) is 20.1. The van der Waals surface area contributed by atoms with Crippen LogP contribution in [0.25, 0.3) is 6.08 Å². The van der Waals surface area contributed by atoms with E-state index in [1.54, 1.807) is 26.6 Å². The fourth-order valence-corrected chi connectivity index (χ4v) is 3.55. The van der Waals surface area contributed by atoms with E-state index in [-0.39, 0.29) is 0 Å². The number of hydrogen-bond donors (Lipinski definition) is 1. The third kappa shape index (κ3) is 4.35. The van der Waals surface area contributed by atoms with Crippen molar-refractivity contribution in [3.63, 3.8) is 0 Å². The molecule has 0 radical (unpaired) electrons. The van der Waals surface area contributed by atoms with Gasteiger partial charge in [-0.15, -0.1) is 0 Å². The van der Waals surface area contributed by atoms with Gasteiger partial charge < -0.3 is 14.2 Å². The molecule has 1 N–H and O–H groups in total. The number of methoxy groups -OCH3 is 2. The molecule has 1 unspecified atom stereocenters. The second-order valence-electron chi connectivity index (χ2n) is 7.05. The van der Waals surface area contributed by atoms with Crippen molar-refractivity contribution in [3.8, 4) is 11.8 Å².